The fourth-order valence-electron chi connectivity index (χ4n) is 1.79. The summed E-state index contributed by atoms with van der Waals surface area (Å²) >= 11 is 0. The molecule has 0 spiro atoms. The summed E-state index contributed by atoms with van der Waals surface area (Å²) in [6.45, 7) is 3.91. The van der Waals surface area contributed by atoms with Crippen molar-refractivity contribution < 1.29 is 4.39 Å². The molecule has 0 saturated heterocycles. The lowest BCUT2D eigenvalue weighted by Crippen LogP contribution is -2.11. The molecule has 0 bridgehead atoms. The van der Waals surface area contributed by atoms with Crippen molar-refractivity contribution in [1.82, 2.24) is 0 Å². The minimum absolute atomic E-state index is 0.136. The van der Waals surface area contributed by atoms with Crippen LogP contribution < -0.4 is 10.6 Å². The number of fused-ring (bicyclic) bond motifs is 1. The van der Waals surface area contributed by atoms with Crippen molar-refractivity contribution in [2.75, 3.05) is 0 Å². The van der Waals surface area contributed by atoms with Gasteiger partial charge in [0.15, 0.2) is 0 Å². The Bertz CT molecular complexity index is 547. The molecule has 2 unspecified atom stereocenters. The quantitative estimate of drug-likeness (QED) is 0.619. The van der Waals surface area contributed by atoms with Crippen LogP contribution in [0.3, 0.4) is 0 Å². The summed E-state index contributed by atoms with van der Waals surface area (Å²) in [7, 11) is 5.32. The van der Waals surface area contributed by atoms with Crippen molar-refractivity contribution in [2.24, 2.45) is 0 Å². The van der Waals surface area contributed by atoms with Crippen molar-refractivity contribution in [2.45, 2.75) is 13.8 Å². The lowest BCUT2D eigenvalue weighted by atomic mass is 10.0. The Morgan fingerprint density at radius 2 is 1.73 bits per heavy atom. The third-order valence-electron chi connectivity index (χ3n) is 2.68. The van der Waals surface area contributed by atoms with Gasteiger partial charge in [-0.2, -0.15) is 0 Å². The minimum Gasteiger partial charge on any atom is -0.206 e. The Labute approximate surface area is 93.7 Å². The fraction of sp³-hybridized carbons (Fsp3) is 0.167. The molecule has 0 aliphatic rings. The summed E-state index contributed by atoms with van der Waals surface area (Å²) in [5.41, 5.74) is 2.07. The van der Waals surface area contributed by atoms with E-state index in [1.165, 1.54) is 0 Å². The molecule has 3 heteroatoms. The van der Waals surface area contributed by atoms with Gasteiger partial charge in [-0.1, -0.05) is 6.07 Å². The first-order chi connectivity index (χ1) is 7.00. The summed E-state index contributed by atoms with van der Waals surface area (Å²) in [5.74, 6) is -0.136. The standard InChI is InChI=1S/C12H13FP2/c1-6-3-8-5-10(14)7(2)12(15)11(8)9(13)4-6/h3-5H,14-15H2,1-2H3. The predicted molar refractivity (Wildman–Crippen MR) is 72.1 cm³/mol. The molecule has 2 aromatic rings. The van der Waals surface area contributed by atoms with Crippen LogP contribution >= 0.6 is 18.5 Å². The summed E-state index contributed by atoms with van der Waals surface area (Å²) < 4.78 is 13.8. The second kappa shape index (κ2) is 3.81. The average Bonchev–Trinajstić information content (AvgIpc) is 2.13. The predicted octanol–water partition coefficient (Wildman–Crippen LogP) is 2.60. The average molecular weight is 238 g/mol. The highest BCUT2D eigenvalue weighted by molar-refractivity contribution is 7.30. The van der Waals surface area contributed by atoms with Gasteiger partial charge >= 0.3 is 0 Å². The Kier molecular flexibility index (Phi) is 2.79. The normalized spacial score (nSPS) is 11.0. The number of halogens is 1. The molecule has 0 aromatic heterocycles. The molecule has 2 rings (SSSR count). The van der Waals surface area contributed by atoms with Crippen molar-refractivity contribution in [3.8, 4) is 0 Å². The van der Waals surface area contributed by atoms with Gasteiger partial charge in [-0.3, -0.25) is 0 Å². The zero-order chi connectivity index (χ0) is 11.2. The zero-order valence-electron chi connectivity index (χ0n) is 8.76. The molecular formula is C12H13FP2. The molecule has 2 atom stereocenters. The van der Waals surface area contributed by atoms with Gasteiger partial charge in [0.1, 0.15) is 5.82 Å². The van der Waals surface area contributed by atoms with Crippen LogP contribution in [0, 0.1) is 19.7 Å². The van der Waals surface area contributed by atoms with E-state index < -0.39 is 0 Å². The van der Waals surface area contributed by atoms with Gasteiger partial charge in [0, 0.05) is 5.39 Å². The van der Waals surface area contributed by atoms with Crippen molar-refractivity contribution in [3.63, 3.8) is 0 Å². The summed E-state index contributed by atoms with van der Waals surface area (Å²) in [5, 5.41) is 3.76. The van der Waals surface area contributed by atoms with Crippen molar-refractivity contribution in [3.05, 3.63) is 35.1 Å². The molecule has 0 aliphatic heterocycles. The first-order valence-electron chi connectivity index (χ1n) is 4.75. The Morgan fingerprint density at radius 3 is 2.40 bits per heavy atom. The molecule has 15 heavy (non-hydrogen) atoms. The second-order valence-electron chi connectivity index (χ2n) is 3.85. The number of benzene rings is 2. The fourth-order valence-corrected chi connectivity index (χ4v) is 2.76. The number of rotatable bonds is 0. The molecule has 0 saturated carbocycles. The van der Waals surface area contributed by atoms with Crippen LogP contribution in [0.1, 0.15) is 11.1 Å². The van der Waals surface area contributed by atoms with Crippen molar-refractivity contribution >= 4 is 39.9 Å². The first kappa shape index (κ1) is 11.0. The Balaban J connectivity index is 2.99. The topological polar surface area (TPSA) is 0 Å². The highest BCUT2D eigenvalue weighted by Crippen LogP contribution is 2.21. The molecule has 78 valence electrons. The van der Waals surface area contributed by atoms with E-state index in [0.717, 1.165) is 27.1 Å². The molecule has 0 fully saturated rings. The SMILES string of the molecule is Cc1cc(F)c2c(P)c(C)c(P)cc2c1. The maximum absolute atomic E-state index is 13.8. The maximum Gasteiger partial charge on any atom is 0.131 e. The summed E-state index contributed by atoms with van der Waals surface area (Å²) in [6, 6.07) is 5.61. The third-order valence-corrected chi connectivity index (χ3v) is 4.00. The monoisotopic (exact) mass is 238 g/mol. The van der Waals surface area contributed by atoms with E-state index in [9.17, 15) is 4.39 Å². The molecular weight excluding hydrogens is 225 g/mol. The molecule has 2 aromatic carbocycles. The van der Waals surface area contributed by atoms with E-state index in [-0.39, 0.29) is 5.82 Å². The van der Waals surface area contributed by atoms with Gasteiger partial charge in [-0.25, -0.2) is 4.39 Å². The number of aryl methyl sites for hydroxylation is 1. The summed E-state index contributed by atoms with van der Waals surface area (Å²) in [6.07, 6.45) is 0. The number of hydrogen-bond acceptors (Lipinski definition) is 0. The van der Waals surface area contributed by atoms with E-state index in [1.807, 2.05) is 26.0 Å². The van der Waals surface area contributed by atoms with Gasteiger partial charge < -0.3 is 0 Å². The molecule has 0 heterocycles. The van der Waals surface area contributed by atoms with Crippen LogP contribution in [-0.2, 0) is 0 Å². The molecule has 0 nitrogen and oxygen atoms in total. The molecule has 0 N–H and O–H groups in total. The first-order valence-corrected chi connectivity index (χ1v) is 5.90. The largest absolute Gasteiger partial charge is 0.206 e. The second-order valence-corrected chi connectivity index (χ2v) is 5.05. The van der Waals surface area contributed by atoms with Gasteiger partial charge in [0.2, 0.25) is 0 Å². The maximum atomic E-state index is 13.8. The van der Waals surface area contributed by atoms with Gasteiger partial charge in [0.05, 0.1) is 0 Å². The molecule has 0 radical (unpaired) electrons. The molecule has 0 amide bonds. The van der Waals surface area contributed by atoms with Crippen LogP contribution in [-0.4, -0.2) is 0 Å². The van der Waals surface area contributed by atoms with Crippen LogP contribution in [0.15, 0.2) is 18.2 Å². The zero-order valence-corrected chi connectivity index (χ0v) is 11.1. The van der Waals surface area contributed by atoms with E-state index in [1.54, 1.807) is 6.07 Å². The van der Waals surface area contributed by atoms with E-state index >= 15 is 0 Å². The van der Waals surface area contributed by atoms with Gasteiger partial charge in [-0.15, -0.1) is 18.5 Å². The van der Waals surface area contributed by atoms with Gasteiger partial charge in [-0.05, 0) is 53.1 Å². The number of hydrogen-bond donors (Lipinski definition) is 0. The van der Waals surface area contributed by atoms with Crippen LogP contribution in [0.2, 0.25) is 0 Å². The lowest BCUT2D eigenvalue weighted by molar-refractivity contribution is 0.639. The van der Waals surface area contributed by atoms with E-state index in [0.29, 0.717) is 5.39 Å². The van der Waals surface area contributed by atoms with Crippen LogP contribution in [0.25, 0.3) is 10.8 Å². The highest BCUT2D eigenvalue weighted by atomic mass is 31.0. The van der Waals surface area contributed by atoms with E-state index in [2.05, 4.69) is 18.5 Å². The van der Waals surface area contributed by atoms with E-state index in [4.69, 9.17) is 0 Å². The Morgan fingerprint density at radius 1 is 1.07 bits per heavy atom. The molecule has 0 aliphatic carbocycles. The Hall–Kier alpha value is -0.510. The lowest BCUT2D eigenvalue weighted by Gasteiger charge is -2.10. The van der Waals surface area contributed by atoms with Crippen molar-refractivity contribution in [1.29, 1.82) is 0 Å². The van der Waals surface area contributed by atoms with Crippen LogP contribution in [0.5, 0.6) is 0 Å². The minimum atomic E-state index is -0.136. The smallest absolute Gasteiger partial charge is 0.131 e. The highest BCUT2D eigenvalue weighted by Gasteiger charge is 2.09. The van der Waals surface area contributed by atoms with Gasteiger partial charge in [0.25, 0.3) is 0 Å². The summed E-state index contributed by atoms with van der Waals surface area (Å²) in [4.78, 5) is 0. The van der Waals surface area contributed by atoms with Crippen LogP contribution in [0.4, 0.5) is 4.39 Å². The third kappa shape index (κ3) is 1.80.